The average Bonchev–Trinajstić information content (AvgIpc) is 2.56. The summed E-state index contributed by atoms with van der Waals surface area (Å²) in [7, 11) is 0. The van der Waals surface area contributed by atoms with E-state index in [-0.39, 0.29) is 0 Å². The molecule has 0 N–H and O–H groups in total. The number of hydrogen-bond acceptors (Lipinski definition) is 3. The molecule has 0 aliphatic rings. The number of aromatic nitrogens is 1. The molecule has 0 unspecified atom stereocenters. The van der Waals surface area contributed by atoms with E-state index in [1.54, 1.807) is 12.4 Å². The normalized spacial score (nSPS) is 10.7. The van der Waals surface area contributed by atoms with Crippen molar-refractivity contribution in [2.45, 2.75) is 0 Å². The van der Waals surface area contributed by atoms with Crippen LogP contribution in [0.4, 0.5) is 5.69 Å². The van der Waals surface area contributed by atoms with Crippen molar-refractivity contribution in [3.8, 4) is 11.5 Å². The van der Waals surface area contributed by atoms with Crippen LogP contribution in [-0.2, 0) is 0 Å². The minimum Gasteiger partial charge on any atom is -0.455 e. The minimum atomic E-state index is 0.718. The van der Waals surface area contributed by atoms with Gasteiger partial charge in [0.25, 0.3) is 0 Å². The fourth-order valence-electron chi connectivity index (χ4n) is 1.85. The number of rotatable bonds is 4. The third kappa shape index (κ3) is 3.54. The van der Waals surface area contributed by atoms with Gasteiger partial charge in [0.2, 0.25) is 0 Å². The molecule has 1 aromatic heterocycles. The van der Waals surface area contributed by atoms with E-state index in [9.17, 15) is 0 Å². The van der Waals surface area contributed by atoms with E-state index < -0.39 is 0 Å². The van der Waals surface area contributed by atoms with Crippen LogP contribution in [0.5, 0.6) is 11.5 Å². The van der Waals surface area contributed by atoms with Crippen molar-refractivity contribution >= 4 is 11.9 Å². The summed E-state index contributed by atoms with van der Waals surface area (Å²) in [5.41, 5.74) is 1.58. The van der Waals surface area contributed by atoms with E-state index in [0.717, 1.165) is 22.9 Å². The lowest BCUT2D eigenvalue weighted by Gasteiger charge is -2.07. The highest BCUT2D eigenvalue weighted by molar-refractivity contribution is 5.80. The van der Waals surface area contributed by atoms with Gasteiger partial charge in [0.15, 0.2) is 5.75 Å². The van der Waals surface area contributed by atoms with Crippen molar-refractivity contribution in [3.63, 3.8) is 0 Å². The zero-order valence-corrected chi connectivity index (χ0v) is 11.4. The molecule has 0 saturated carbocycles. The summed E-state index contributed by atoms with van der Waals surface area (Å²) in [5, 5.41) is 0. The maximum Gasteiger partial charge on any atom is 0.153 e. The predicted molar refractivity (Wildman–Crippen MR) is 84.4 cm³/mol. The van der Waals surface area contributed by atoms with E-state index >= 15 is 0 Å². The highest BCUT2D eigenvalue weighted by atomic mass is 16.5. The van der Waals surface area contributed by atoms with Gasteiger partial charge in [-0.15, -0.1) is 0 Å². The number of aliphatic imine (C=N–C) groups is 1. The Balaban J connectivity index is 1.84. The van der Waals surface area contributed by atoms with Crippen molar-refractivity contribution in [2.75, 3.05) is 0 Å². The lowest BCUT2D eigenvalue weighted by atomic mass is 10.3. The summed E-state index contributed by atoms with van der Waals surface area (Å²) < 4.78 is 5.86. The van der Waals surface area contributed by atoms with Crippen molar-refractivity contribution < 1.29 is 4.74 Å². The van der Waals surface area contributed by atoms with Gasteiger partial charge < -0.3 is 4.74 Å². The standard InChI is InChI=1S/C18H14N2O/c1-2-9-16(10-3-1)21-18-12-5-4-11-17(18)20-14-15-8-6-7-13-19-15/h1-14H. The molecule has 3 rings (SSSR count). The predicted octanol–water partition coefficient (Wildman–Crippen LogP) is 4.62. The topological polar surface area (TPSA) is 34.5 Å². The molecule has 0 radical (unpaired) electrons. The van der Waals surface area contributed by atoms with Gasteiger partial charge >= 0.3 is 0 Å². The minimum absolute atomic E-state index is 0.718. The van der Waals surface area contributed by atoms with Gasteiger partial charge in [-0.3, -0.25) is 9.98 Å². The number of ether oxygens (including phenoxy) is 1. The third-order valence-electron chi connectivity index (χ3n) is 2.86. The number of pyridine rings is 1. The van der Waals surface area contributed by atoms with Crippen molar-refractivity contribution in [3.05, 3.63) is 84.7 Å². The third-order valence-corrected chi connectivity index (χ3v) is 2.86. The van der Waals surface area contributed by atoms with Crippen LogP contribution in [0.1, 0.15) is 5.69 Å². The Morgan fingerprint density at radius 1 is 0.810 bits per heavy atom. The lowest BCUT2D eigenvalue weighted by molar-refractivity contribution is 0.484. The van der Waals surface area contributed by atoms with Crippen LogP contribution in [0.25, 0.3) is 0 Å². The molecule has 0 bridgehead atoms. The summed E-state index contributed by atoms with van der Waals surface area (Å²) in [6.07, 6.45) is 3.47. The smallest absolute Gasteiger partial charge is 0.153 e. The number of hydrogen-bond donors (Lipinski definition) is 0. The molecule has 0 fully saturated rings. The van der Waals surface area contributed by atoms with Crippen molar-refractivity contribution in [1.29, 1.82) is 0 Å². The Morgan fingerprint density at radius 3 is 2.38 bits per heavy atom. The second kappa shape index (κ2) is 6.48. The van der Waals surface area contributed by atoms with Crippen LogP contribution in [0.15, 0.2) is 84.0 Å². The average molecular weight is 274 g/mol. The molecule has 3 nitrogen and oxygen atoms in total. The molecule has 0 aliphatic carbocycles. The maximum absolute atomic E-state index is 5.86. The Morgan fingerprint density at radius 2 is 1.57 bits per heavy atom. The van der Waals surface area contributed by atoms with Crippen LogP contribution < -0.4 is 4.74 Å². The van der Waals surface area contributed by atoms with Crippen molar-refractivity contribution in [2.24, 2.45) is 4.99 Å². The number of para-hydroxylation sites is 3. The van der Waals surface area contributed by atoms with Gasteiger partial charge in [0.05, 0.1) is 11.9 Å². The molecule has 2 aromatic carbocycles. The number of nitrogens with zero attached hydrogens (tertiary/aromatic N) is 2. The molecule has 0 spiro atoms. The molecule has 1 heterocycles. The Labute approximate surface area is 123 Å². The lowest BCUT2D eigenvalue weighted by Crippen LogP contribution is -1.86. The Bertz CT molecular complexity index is 724. The number of benzene rings is 2. The first kappa shape index (κ1) is 13.1. The summed E-state index contributed by atoms with van der Waals surface area (Å²) >= 11 is 0. The van der Waals surface area contributed by atoms with E-state index in [1.807, 2.05) is 72.8 Å². The van der Waals surface area contributed by atoms with Crippen LogP contribution in [-0.4, -0.2) is 11.2 Å². The van der Waals surface area contributed by atoms with Crippen LogP contribution in [0.2, 0.25) is 0 Å². The molecule has 0 amide bonds. The molecule has 0 atom stereocenters. The fraction of sp³-hybridized carbons (Fsp3) is 0. The van der Waals surface area contributed by atoms with E-state index in [4.69, 9.17) is 4.74 Å². The monoisotopic (exact) mass is 274 g/mol. The first-order valence-electron chi connectivity index (χ1n) is 6.69. The highest BCUT2D eigenvalue weighted by Gasteiger charge is 2.02. The summed E-state index contributed by atoms with van der Waals surface area (Å²) in [5.74, 6) is 1.51. The first-order chi connectivity index (χ1) is 10.4. The van der Waals surface area contributed by atoms with Crippen molar-refractivity contribution in [1.82, 2.24) is 4.98 Å². The maximum atomic E-state index is 5.86. The second-order valence-electron chi connectivity index (χ2n) is 4.40. The zero-order chi connectivity index (χ0) is 14.3. The van der Waals surface area contributed by atoms with E-state index in [2.05, 4.69) is 9.98 Å². The van der Waals surface area contributed by atoms with Crippen LogP contribution >= 0.6 is 0 Å². The van der Waals surface area contributed by atoms with Gasteiger partial charge in [0, 0.05) is 6.20 Å². The largest absolute Gasteiger partial charge is 0.455 e. The Hall–Kier alpha value is -2.94. The quantitative estimate of drug-likeness (QED) is 0.650. The molecule has 0 aliphatic heterocycles. The van der Waals surface area contributed by atoms with Gasteiger partial charge in [-0.1, -0.05) is 36.4 Å². The van der Waals surface area contributed by atoms with Gasteiger partial charge in [-0.2, -0.15) is 0 Å². The molecule has 21 heavy (non-hydrogen) atoms. The molecule has 3 heteroatoms. The summed E-state index contributed by atoms with van der Waals surface area (Å²) in [6.45, 7) is 0. The molecule has 0 saturated heterocycles. The highest BCUT2D eigenvalue weighted by Crippen LogP contribution is 2.31. The van der Waals surface area contributed by atoms with Gasteiger partial charge in [-0.25, -0.2) is 0 Å². The second-order valence-corrected chi connectivity index (χ2v) is 4.40. The molecular formula is C18H14N2O. The van der Waals surface area contributed by atoms with Crippen LogP contribution in [0.3, 0.4) is 0 Å². The zero-order valence-electron chi connectivity index (χ0n) is 11.4. The molecular weight excluding hydrogens is 260 g/mol. The molecule has 3 aromatic rings. The first-order valence-corrected chi connectivity index (χ1v) is 6.69. The van der Waals surface area contributed by atoms with Gasteiger partial charge in [-0.05, 0) is 36.4 Å². The van der Waals surface area contributed by atoms with Crippen LogP contribution in [0, 0.1) is 0 Å². The summed E-state index contributed by atoms with van der Waals surface area (Å²) in [4.78, 5) is 8.68. The Kier molecular flexibility index (Phi) is 4.03. The summed E-state index contributed by atoms with van der Waals surface area (Å²) in [6, 6.07) is 23.1. The van der Waals surface area contributed by atoms with E-state index in [1.165, 1.54) is 0 Å². The van der Waals surface area contributed by atoms with Gasteiger partial charge in [0.1, 0.15) is 11.4 Å². The van der Waals surface area contributed by atoms with E-state index in [0.29, 0.717) is 0 Å². The molecule has 102 valence electrons. The fourth-order valence-corrected chi connectivity index (χ4v) is 1.85. The SMILES string of the molecule is C(=Nc1ccccc1Oc1ccccc1)c1ccccn1.